The first-order valence-electron chi connectivity index (χ1n) is 4.75. The molecule has 0 aromatic carbocycles. The van der Waals surface area contributed by atoms with Crippen LogP contribution < -0.4 is 5.32 Å². The zero-order chi connectivity index (χ0) is 8.85. The smallest absolute Gasteiger partial charge is 0.00104 e. The molecule has 0 spiro atoms. The summed E-state index contributed by atoms with van der Waals surface area (Å²) in [5.41, 5.74) is 0. The van der Waals surface area contributed by atoms with Crippen molar-refractivity contribution in [2.75, 3.05) is 6.54 Å². The Morgan fingerprint density at radius 1 is 1.00 bits per heavy atom. The summed E-state index contributed by atoms with van der Waals surface area (Å²) in [6, 6.07) is 0.629. The third-order valence-corrected chi connectivity index (χ3v) is 1.75. The molecule has 68 valence electrons. The first-order chi connectivity index (χ1) is 5.02. The average molecular weight is 157 g/mol. The molecule has 0 saturated carbocycles. The van der Waals surface area contributed by atoms with E-state index < -0.39 is 0 Å². The van der Waals surface area contributed by atoms with Gasteiger partial charge >= 0.3 is 0 Å². The minimum Gasteiger partial charge on any atom is -0.314 e. The Bertz CT molecular complexity index is 86.9. The summed E-state index contributed by atoms with van der Waals surface area (Å²) in [6.07, 6.45) is 1.33. The van der Waals surface area contributed by atoms with Crippen molar-refractivity contribution in [3.63, 3.8) is 0 Å². The Kier molecular flexibility index (Phi) is 5.57. The molecule has 0 aromatic heterocycles. The molecule has 11 heavy (non-hydrogen) atoms. The van der Waals surface area contributed by atoms with E-state index in [9.17, 15) is 0 Å². The van der Waals surface area contributed by atoms with Crippen LogP contribution in [0.1, 0.15) is 41.0 Å². The summed E-state index contributed by atoms with van der Waals surface area (Å²) in [5.74, 6) is 1.65. The van der Waals surface area contributed by atoms with Gasteiger partial charge in [0.05, 0.1) is 0 Å². The van der Waals surface area contributed by atoms with Gasteiger partial charge in [-0.2, -0.15) is 0 Å². The molecule has 0 fully saturated rings. The Morgan fingerprint density at radius 2 is 1.55 bits per heavy atom. The fourth-order valence-corrected chi connectivity index (χ4v) is 1.32. The Balaban J connectivity index is 3.29. The molecule has 0 aliphatic carbocycles. The van der Waals surface area contributed by atoms with Crippen molar-refractivity contribution in [3.8, 4) is 0 Å². The number of hydrogen-bond donors (Lipinski definition) is 1. The van der Waals surface area contributed by atoms with E-state index in [-0.39, 0.29) is 0 Å². The first-order valence-corrected chi connectivity index (χ1v) is 4.75. The zero-order valence-electron chi connectivity index (χ0n) is 8.65. The number of rotatable bonds is 5. The maximum atomic E-state index is 3.45. The molecule has 0 radical (unpaired) electrons. The van der Waals surface area contributed by atoms with Gasteiger partial charge in [0.25, 0.3) is 0 Å². The molecule has 0 saturated heterocycles. The molecule has 0 aliphatic heterocycles. The molecule has 1 nitrogen and oxygen atoms in total. The van der Waals surface area contributed by atoms with Crippen molar-refractivity contribution in [3.05, 3.63) is 0 Å². The second-order valence-electron chi connectivity index (χ2n) is 4.30. The van der Waals surface area contributed by atoms with E-state index in [1.165, 1.54) is 6.42 Å². The van der Waals surface area contributed by atoms with E-state index in [4.69, 9.17) is 0 Å². The van der Waals surface area contributed by atoms with Gasteiger partial charge in [0.1, 0.15) is 0 Å². The fourth-order valence-electron chi connectivity index (χ4n) is 1.32. The van der Waals surface area contributed by atoms with E-state index in [2.05, 4.69) is 39.9 Å². The molecule has 0 aliphatic rings. The lowest BCUT2D eigenvalue weighted by Crippen LogP contribution is -2.28. The lowest BCUT2D eigenvalue weighted by atomic mass is 9.99. The van der Waals surface area contributed by atoms with Crippen LogP contribution in [0.5, 0.6) is 0 Å². The summed E-state index contributed by atoms with van der Waals surface area (Å²) >= 11 is 0. The second-order valence-corrected chi connectivity index (χ2v) is 4.30. The summed E-state index contributed by atoms with van der Waals surface area (Å²) in [5, 5.41) is 3.45. The molecule has 0 amide bonds. The predicted octanol–water partition coefficient (Wildman–Crippen LogP) is 2.67. The van der Waals surface area contributed by atoms with Gasteiger partial charge in [-0.1, -0.05) is 34.6 Å². The molecule has 0 bridgehead atoms. The molecule has 0 rings (SSSR count). The van der Waals surface area contributed by atoms with Crippen LogP contribution in [0.4, 0.5) is 0 Å². The van der Waals surface area contributed by atoms with Gasteiger partial charge in [-0.3, -0.25) is 0 Å². The van der Waals surface area contributed by atoms with Gasteiger partial charge < -0.3 is 5.32 Å². The Morgan fingerprint density at radius 3 is 1.91 bits per heavy atom. The highest BCUT2D eigenvalue weighted by Gasteiger charge is 2.04. The fraction of sp³-hybridized carbons (Fsp3) is 1.00. The summed E-state index contributed by atoms with van der Waals surface area (Å²) in [7, 11) is 0. The average Bonchev–Trinajstić information content (AvgIpc) is 1.82. The van der Waals surface area contributed by atoms with Crippen molar-refractivity contribution < 1.29 is 0 Å². The zero-order valence-corrected chi connectivity index (χ0v) is 8.65. The third-order valence-electron chi connectivity index (χ3n) is 1.75. The molecule has 0 heterocycles. The van der Waals surface area contributed by atoms with E-state index in [1.807, 2.05) is 0 Å². The SMILES string of the molecule is CC(C)CC(C)CNC(C)C. The van der Waals surface area contributed by atoms with Crippen LogP contribution in [0.15, 0.2) is 0 Å². The molecule has 1 heteroatoms. The first kappa shape index (κ1) is 11.0. The van der Waals surface area contributed by atoms with E-state index in [1.54, 1.807) is 0 Å². The van der Waals surface area contributed by atoms with E-state index in [0.717, 1.165) is 18.4 Å². The maximum Gasteiger partial charge on any atom is 0.00104 e. The van der Waals surface area contributed by atoms with Gasteiger partial charge in [-0.15, -0.1) is 0 Å². The highest BCUT2D eigenvalue weighted by atomic mass is 14.9. The molecule has 1 atom stereocenters. The standard InChI is InChI=1S/C10H23N/c1-8(2)6-10(5)7-11-9(3)4/h8-11H,6-7H2,1-5H3. The molecule has 1 unspecified atom stereocenters. The van der Waals surface area contributed by atoms with E-state index >= 15 is 0 Å². The summed E-state index contributed by atoms with van der Waals surface area (Å²) in [6.45, 7) is 12.4. The van der Waals surface area contributed by atoms with Crippen LogP contribution in [0.25, 0.3) is 0 Å². The lowest BCUT2D eigenvalue weighted by Gasteiger charge is -2.16. The normalized spacial score (nSPS) is 14.5. The van der Waals surface area contributed by atoms with Crippen molar-refractivity contribution in [2.24, 2.45) is 11.8 Å². The second kappa shape index (κ2) is 5.59. The minimum absolute atomic E-state index is 0.629. The van der Waals surface area contributed by atoms with Crippen LogP contribution >= 0.6 is 0 Å². The van der Waals surface area contributed by atoms with Crippen molar-refractivity contribution in [2.45, 2.75) is 47.1 Å². The van der Waals surface area contributed by atoms with Crippen LogP contribution in [-0.4, -0.2) is 12.6 Å². The molecule has 0 aromatic rings. The molecular formula is C10H23N. The molecular weight excluding hydrogens is 134 g/mol. The van der Waals surface area contributed by atoms with Gasteiger partial charge in [0.15, 0.2) is 0 Å². The van der Waals surface area contributed by atoms with Crippen molar-refractivity contribution >= 4 is 0 Å². The maximum absolute atomic E-state index is 3.45. The monoisotopic (exact) mass is 157 g/mol. The molecule has 1 N–H and O–H groups in total. The highest BCUT2D eigenvalue weighted by Crippen LogP contribution is 2.09. The van der Waals surface area contributed by atoms with Crippen LogP contribution in [0.2, 0.25) is 0 Å². The number of nitrogens with one attached hydrogen (secondary N) is 1. The van der Waals surface area contributed by atoms with Crippen LogP contribution in [0, 0.1) is 11.8 Å². The van der Waals surface area contributed by atoms with Crippen molar-refractivity contribution in [1.29, 1.82) is 0 Å². The highest BCUT2D eigenvalue weighted by molar-refractivity contribution is 4.61. The Labute approximate surface area is 71.6 Å². The lowest BCUT2D eigenvalue weighted by molar-refractivity contribution is 0.400. The summed E-state index contributed by atoms with van der Waals surface area (Å²) < 4.78 is 0. The minimum atomic E-state index is 0.629. The van der Waals surface area contributed by atoms with Gasteiger partial charge in [0.2, 0.25) is 0 Å². The van der Waals surface area contributed by atoms with Crippen molar-refractivity contribution in [1.82, 2.24) is 5.32 Å². The van der Waals surface area contributed by atoms with Gasteiger partial charge in [0, 0.05) is 6.04 Å². The third kappa shape index (κ3) is 7.86. The van der Waals surface area contributed by atoms with Gasteiger partial charge in [-0.05, 0) is 24.8 Å². The van der Waals surface area contributed by atoms with Crippen LogP contribution in [-0.2, 0) is 0 Å². The predicted molar refractivity (Wildman–Crippen MR) is 51.8 cm³/mol. The van der Waals surface area contributed by atoms with E-state index in [0.29, 0.717) is 6.04 Å². The van der Waals surface area contributed by atoms with Crippen LogP contribution in [0.3, 0.4) is 0 Å². The Hall–Kier alpha value is -0.0400. The quantitative estimate of drug-likeness (QED) is 0.647. The summed E-state index contributed by atoms with van der Waals surface area (Å²) in [4.78, 5) is 0. The van der Waals surface area contributed by atoms with Gasteiger partial charge in [-0.25, -0.2) is 0 Å². The largest absolute Gasteiger partial charge is 0.314 e. The topological polar surface area (TPSA) is 12.0 Å². The number of hydrogen-bond acceptors (Lipinski definition) is 1.